The van der Waals surface area contributed by atoms with E-state index in [4.69, 9.17) is 4.42 Å². The normalized spacial score (nSPS) is 19.6. The SMILES string of the molecule is CCN1C(=O)C(C)(C(=O)NCCc2ccc(C)o2)Sc2ccccc21. The molecule has 0 bridgehead atoms. The highest BCUT2D eigenvalue weighted by molar-refractivity contribution is 8.02. The predicted octanol–water partition coefficient (Wildman–Crippen LogP) is 3.16. The van der Waals surface area contributed by atoms with E-state index in [2.05, 4.69) is 5.32 Å². The van der Waals surface area contributed by atoms with Gasteiger partial charge in [-0.2, -0.15) is 0 Å². The summed E-state index contributed by atoms with van der Waals surface area (Å²) in [4.78, 5) is 28.4. The molecule has 5 nitrogen and oxygen atoms in total. The Kier molecular flexibility index (Phi) is 4.90. The number of fused-ring (bicyclic) bond motifs is 1. The summed E-state index contributed by atoms with van der Waals surface area (Å²) >= 11 is 1.32. The van der Waals surface area contributed by atoms with Crippen LogP contribution in [0.15, 0.2) is 45.7 Å². The lowest BCUT2D eigenvalue weighted by Gasteiger charge is -2.38. The molecule has 1 aliphatic rings. The Balaban J connectivity index is 1.73. The van der Waals surface area contributed by atoms with E-state index >= 15 is 0 Å². The van der Waals surface area contributed by atoms with Crippen molar-refractivity contribution in [3.8, 4) is 0 Å². The molecule has 3 rings (SSSR count). The fraction of sp³-hybridized carbons (Fsp3) is 0.368. The molecule has 25 heavy (non-hydrogen) atoms. The Morgan fingerprint density at radius 2 is 2.04 bits per heavy atom. The topological polar surface area (TPSA) is 62.6 Å². The van der Waals surface area contributed by atoms with E-state index in [-0.39, 0.29) is 11.8 Å². The van der Waals surface area contributed by atoms with E-state index in [0.717, 1.165) is 22.1 Å². The number of rotatable bonds is 5. The molecular formula is C19H22N2O3S. The Bertz CT molecular complexity index is 801. The molecule has 0 spiro atoms. The number of nitrogens with zero attached hydrogens (tertiary/aromatic N) is 1. The van der Waals surface area contributed by atoms with E-state index < -0.39 is 4.75 Å². The fourth-order valence-corrected chi connectivity index (χ4v) is 4.17. The first kappa shape index (κ1) is 17.6. The van der Waals surface area contributed by atoms with Crippen LogP contribution in [0.2, 0.25) is 0 Å². The standard InChI is InChI=1S/C19H22N2O3S/c1-4-21-15-7-5-6-8-16(15)25-19(3,18(21)23)17(22)20-12-11-14-10-9-13(2)24-14/h5-10H,4,11-12H2,1-3H3,(H,20,22). The molecule has 1 aromatic heterocycles. The number of para-hydroxylation sites is 1. The zero-order valence-corrected chi connectivity index (χ0v) is 15.5. The molecule has 0 aliphatic carbocycles. The molecule has 0 fully saturated rings. The molecule has 1 atom stereocenters. The van der Waals surface area contributed by atoms with Gasteiger partial charge in [0.15, 0.2) is 4.75 Å². The van der Waals surface area contributed by atoms with Crippen LogP contribution in [-0.2, 0) is 16.0 Å². The number of hydrogen-bond acceptors (Lipinski definition) is 4. The van der Waals surface area contributed by atoms with Crippen LogP contribution in [0.1, 0.15) is 25.4 Å². The average molecular weight is 358 g/mol. The number of amides is 2. The van der Waals surface area contributed by atoms with E-state index in [1.54, 1.807) is 11.8 Å². The lowest BCUT2D eigenvalue weighted by Crippen LogP contribution is -2.56. The molecule has 1 unspecified atom stereocenters. The highest BCUT2D eigenvalue weighted by atomic mass is 32.2. The molecule has 6 heteroatoms. The molecular weight excluding hydrogens is 336 g/mol. The molecule has 0 saturated heterocycles. The quantitative estimate of drug-likeness (QED) is 0.834. The molecule has 132 valence electrons. The van der Waals surface area contributed by atoms with E-state index in [1.165, 1.54) is 11.8 Å². The zero-order valence-electron chi connectivity index (χ0n) is 14.7. The summed E-state index contributed by atoms with van der Waals surface area (Å²) in [5.74, 6) is 1.23. The summed E-state index contributed by atoms with van der Waals surface area (Å²) in [6.45, 7) is 6.47. The number of hydrogen-bond donors (Lipinski definition) is 1. The third kappa shape index (κ3) is 3.31. The molecule has 2 aromatic rings. The van der Waals surface area contributed by atoms with Gasteiger partial charge in [0, 0.05) is 24.4 Å². The second-order valence-corrected chi connectivity index (χ2v) is 7.63. The van der Waals surface area contributed by atoms with Crippen LogP contribution in [0, 0.1) is 6.92 Å². The Morgan fingerprint density at radius 1 is 1.28 bits per heavy atom. The van der Waals surface area contributed by atoms with Gasteiger partial charge in [-0.05, 0) is 45.0 Å². The molecule has 2 heterocycles. The minimum atomic E-state index is -1.16. The second-order valence-electron chi connectivity index (χ2n) is 6.17. The van der Waals surface area contributed by atoms with Crippen molar-refractivity contribution in [2.75, 3.05) is 18.0 Å². The molecule has 1 aromatic carbocycles. The lowest BCUT2D eigenvalue weighted by molar-refractivity contribution is -0.131. The fourth-order valence-electron chi connectivity index (χ4n) is 2.94. The van der Waals surface area contributed by atoms with Crippen molar-refractivity contribution in [2.24, 2.45) is 0 Å². The number of furan rings is 1. The summed E-state index contributed by atoms with van der Waals surface area (Å²) < 4.78 is 4.34. The van der Waals surface area contributed by atoms with Crippen LogP contribution in [-0.4, -0.2) is 29.7 Å². The van der Waals surface area contributed by atoms with Gasteiger partial charge in [0.05, 0.1) is 5.69 Å². The van der Waals surface area contributed by atoms with Crippen molar-refractivity contribution in [1.29, 1.82) is 0 Å². The smallest absolute Gasteiger partial charge is 0.252 e. The van der Waals surface area contributed by atoms with Crippen LogP contribution < -0.4 is 10.2 Å². The van der Waals surface area contributed by atoms with Crippen LogP contribution in [0.4, 0.5) is 5.69 Å². The van der Waals surface area contributed by atoms with Gasteiger partial charge in [-0.3, -0.25) is 9.59 Å². The van der Waals surface area contributed by atoms with Crippen molar-refractivity contribution in [1.82, 2.24) is 5.32 Å². The highest BCUT2D eigenvalue weighted by Gasteiger charge is 2.48. The van der Waals surface area contributed by atoms with Gasteiger partial charge in [-0.1, -0.05) is 23.9 Å². The van der Waals surface area contributed by atoms with Gasteiger partial charge in [-0.15, -0.1) is 0 Å². The van der Waals surface area contributed by atoms with Gasteiger partial charge in [0.2, 0.25) is 5.91 Å². The second kappa shape index (κ2) is 6.96. The van der Waals surface area contributed by atoms with Crippen molar-refractivity contribution < 1.29 is 14.0 Å². The summed E-state index contributed by atoms with van der Waals surface area (Å²) in [5, 5.41) is 2.89. The molecule has 1 N–H and O–H groups in total. The number of aryl methyl sites for hydroxylation is 1. The molecule has 1 aliphatic heterocycles. The Morgan fingerprint density at radius 3 is 2.72 bits per heavy atom. The van der Waals surface area contributed by atoms with Gasteiger partial charge in [0.25, 0.3) is 5.91 Å². The number of thioether (sulfide) groups is 1. The van der Waals surface area contributed by atoms with Gasteiger partial charge in [0.1, 0.15) is 11.5 Å². The number of carbonyl (C=O) groups excluding carboxylic acids is 2. The third-order valence-corrected chi connectivity index (χ3v) is 5.66. The Hall–Kier alpha value is -2.21. The summed E-state index contributed by atoms with van der Waals surface area (Å²) in [6, 6.07) is 11.5. The monoisotopic (exact) mass is 358 g/mol. The zero-order chi connectivity index (χ0) is 18.0. The number of anilines is 1. The van der Waals surface area contributed by atoms with E-state index in [0.29, 0.717) is 19.5 Å². The number of benzene rings is 1. The first-order valence-corrected chi connectivity index (χ1v) is 9.21. The van der Waals surface area contributed by atoms with Crippen LogP contribution in [0.25, 0.3) is 0 Å². The van der Waals surface area contributed by atoms with Crippen molar-refractivity contribution in [3.05, 3.63) is 47.9 Å². The number of nitrogens with one attached hydrogen (secondary N) is 1. The maximum Gasteiger partial charge on any atom is 0.252 e. The molecule has 0 radical (unpaired) electrons. The van der Waals surface area contributed by atoms with Gasteiger partial charge < -0.3 is 14.6 Å². The summed E-state index contributed by atoms with van der Waals surface area (Å²) in [6.07, 6.45) is 0.600. The van der Waals surface area contributed by atoms with E-state index in [9.17, 15) is 9.59 Å². The first-order valence-electron chi connectivity index (χ1n) is 8.39. The maximum absolute atomic E-state index is 12.9. The summed E-state index contributed by atoms with van der Waals surface area (Å²) in [5.41, 5.74) is 0.872. The maximum atomic E-state index is 12.9. The minimum absolute atomic E-state index is 0.176. The first-order chi connectivity index (χ1) is 12.0. The van der Waals surface area contributed by atoms with Crippen molar-refractivity contribution >= 4 is 29.3 Å². The van der Waals surface area contributed by atoms with Crippen molar-refractivity contribution in [3.63, 3.8) is 0 Å². The third-order valence-electron chi connectivity index (χ3n) is 4.33. The average Bonchev–Trinajstić information content (AvgIpc) is 3.01. The largest absolute Gasteiger partial charge is 0.466 e. The van der Waals surface area contributed by atoms with Gasteiger partial charge in [-0.25, -0.2) is 0 Å². The molecule has 2 amide bonds. The lowest BCUT2D eigenvalue weighted by atomic mass is 10.1. The van der Waals surface area contributed by atoms with Crippen LogP contribution in [0.5, 0.6) is 0 Å². The van der Waals surface area contributed by atoms with Crippen molar-refractivity contribution in [2.45, 2.75) is 36.8 Å². The predicted molar refractivity (Wildman–Crippen MR) is 98.9 cm³/mol. The van der Waals surface area contributed by atoms with Gasteiger partial charge >= 0.3 is 0 Å². The van der Waals surface area contributed by atoms with E-state index in [1.807, 2.05) is 50.2 Å². The molecule has 0 saturated carbocycles. The van der Waals surface area contributed by atoms with Crippen LogP contribution >= 0.6 is 11.8 Å². The summed E-state index contributed by atoms with van der Waals surface area (Å²) in [7, 11) is 0. The highest BCUT2D eigenvalue weighted by Crippen LogP contribution is 2.45. The minimum Gasteiger partial charge on any atom is -0.466 e. The van der Waals surface area contributed by atoms with Crippen LogP contribution in [0.3, 0.4) is 0 Å². The Labute approximate surface area is 151 Å². The number of carbonyl (C=O) groups is 2.